The summed E-state index contributed by atoms with van der Waals surface area (Å²) < 4.78 is 29.4. The molecule has 4 aromatic rings. The predicted molar refractivity (Wildman–Crippen MR) is 163 cm³/mol. The Morgan fingerprint density at radius 1 is 0.949 bits per heavy atom. The van der Waals surface area contributed by atoms with Crippen molar-refractivity contribution in [1.29, 1.82) is 0 Å². The summed E-state index contributed by atoms with van der Waals surface area (Å²) in [4.78, 5) is 19.8. The number of thiophene rings is 1. The third kappa shape index (κ3) is 5.96. The number of nitrogens with zero attached hydrogens (tertiary/aromatic N) is 2. The van der Waals surface area contributed by atoms with Crippen LogP contribution in [0.15, 0.2) is 53.4 Å². The van der Waals surface area contributed by atoms with Crippen LogP contribution in [0.25, 0.3) is 20.8 Å². The molecule has 0 radical (unpaired) electrons. The molecule has 9 heteroatoms. The number of aryl methyl sites for hydroxylation is 1. The number of rotatable bonds is 11. The van der Waals surface area contributed by atoms with Crippen molar-refractivity contribution < 1.29 is 13.2 Å². The monoisotopic (exact) mass is 581 g/mol. The first-order valence-electron chi connectivity index (χ1n) is 13.8. The smallest absolute Gasteiger partial charge is 0.256 e. The summed E-state index contributed by atoms with van der Waals surface area (Å²) in [5, 5.41) is 4.91. The minimum Gasteiger partial charge on any atom is -0.313 e. The van der Waals surface area contributed by atoms with Gasteiger partial charge in [-0.05, 0) is 80.5 Å². The molecule has 6 nitrogen and oxygen atoms in total. The maximum atomic E-state index is 13.4. The Hall–Kier alpha value is -2.59. The van der Waals surface area contributed by atoms with Gasteiger partial charge in [0.1, 0.15) is 10.0 Å². The third-order valence-corrected chi connectivity index (χ3v) is 11.4. The first-order chi connectivity index (χ1) is 18.9. The second kappa shape index (κ2) is 12.3. The number of hydrogen-bond donors (Lipinski definition) is 1. The fraction of sp³-hybridized carbons (Fsp3) is 0.400. The number of sulfonamides is 1. The number of hydrogen-bond acceptors (Lipinski definition) is 6. The number of carbonyl (C=O) groups excluding carboxylic acids is 1. The average molecular weight is 582 g/mol. The molecule has 5 rings (SSSR count). The molecule has 0 bridgehead atoms. The van der Waals surface area contributed by atoms with Crippen molar-refractivity contribution in [1.82, 2.24) is 9.29 Å². The number of fused-ring (bicyclic) bond motifs is 2. The Labute approximate surface area is 239 Å². The van der Waals surface area contributed by atoms with E-state index in [1.54, 1.807) is 51.2 Å². The molecule has 0 aliphatic heterocycles. The molecule has 0 saturated carbocycles. The summed E-state index contributed by atoms with van der Waals surface area (Å²) in [5.41, 5.74) is 3.76. The van der Waals surface area contributed by atoms with E-state index >= 15 is 0 Å². The van der Waals surface area contributed by atoms with Crippen LogP contribution in [0.1, 0.15) is 73.2 Å². The molecule has 0 atom stereocenters. The molecule has 1 amide bonds. The SMILES string of the molecule is CCCCN(CCCC)S(=O)(=O)c1ccc(C(=O)Nc2sc3c(c2-c2nc4ccccc4s2)CCCC3)cc1. The van der Waals surface area contributed by atoms with Gasteiger partial charge in [-0.25, -0.2) is 13.4 Å². The molecule has 2 aromatic carbocycles. The number of nitrogens with one attached hydrogen (secondary N) is 1. The van der Waals surface area contributed by atoms with Crippen molar-refractivity contribution in [3.63, 3.8) is 0 Å². The summed E-state index contributed by atoms with van der Waals surface area (Å²) in [6.07, 6.45) is 7.82. The molecule has 0 saturated heterocycles. The number of thiazole rings is 1. The maximum absolute atomic E-state index is 13.4. The van der Waals surface area contributed by atoms with E-state index in [-0.39, 0.29) is 10.8 Å². The summed E-state index contributed by atoms with van der Waals surface area (Å²) in [7, 11) is -3.61. The van der Waals surface area contributed by atoms with Gasteiger partial charge in [0.25, 0.3) is 5.91 Å². The minimum absolute atomic E-state index is 0.230. The van der Waals surface area contributed by atoms with Crippen LogP contribution in [0.2, 0.25) is 0 Å². The first kappa shape index (κ1) is 28.0. The van der Waals surface area contributed by atoms with Crippen LogP contribution in [-0.2, 0) is 22.9 Å². The standard InChI is InChI=1S/C30H35N3O3S3/c1-3-5-19-33(20-6-4-2)39(35,36)22-17-15-21(16-18-22)28(34)32-30-27(23-11-7-9-13-25(23)37-30)29-31-24-12-8-10-14-26(24)38-29/h8,10,12,14-18H,3-7,9,11,13,19-20H2,1-2H3,(H,32,34). The van der Waals surface area contributed by atoms with Crippen LogP contribution >= 0.6 is 22.7 Å². The number of anilines is 1. The normalized spacial score (nSPS) is 13.6. The van der Waals surface area contributed by atoms with Crippen molar-refractivity contribution in [2.24, 2.45) is 0 Å². The molecule has 2 aromatic heterocycles. The van der Waals surface area contributed by atoms with Crippen molar-refractivity contribution >= 4 is 53.8 Å². The Balaban J connectivity index is 1.40. The zero-order chi connectivity index (χ0) is 27.4. The van der Waals surface area contributed by atoms with Gasteiger partial charge >= 0.3 is 0 Å². The molecule has 206 valence electrons. The lowest BCUT2D eigenvalue weighted by Crippen LogP contribution is -2.33. The Kier molecular flexibility index (Phi) is 8.81. The lowest BCUT2D eigenvalue weighted by atomic mass is 9.95. The van der Waals surface area contributed by atoms with Crippen molar-refractivity contribution in [3.8, 4) is 10.6 Å². The summed E-state index contributed by atoms with van der Waals surface area (Å²) in [6, 6.07) is 14.5. The average Bonchev–Trinajstić information content (AvgIpc) is 3.53. The number of para-hydroxylation sites is 1. The lowest BCUT2D eigenvalue weighted by molar-refractivity contribution is 0.102. The summed E-state index contributed by atoms with van der Waals surface area (Å²) >= 11 is 3.30. The van der Waals surface area contributed by atoms with E-state index in [9.17, 15) is 13.2 Å². The topological polar surface area (TPSA) is 79.4 Å². The third-order valence-electron chi connectivity index (χ3n) is 7.18. The highest BCUT2D eigenvalue weighted by atomic mass is 32.2. The Morgan fingerprint density at radius 3 is 2.33 bits per heavy atom. The van der Waals surface area contributed by atoms with Gasteiger partial charge in [-0.3, -0.25) is 4.79 Å². The highest BCUT2D eigenvalue weighted by Crippen LogP contribution is 2.46. The Morgan fingerprint density at radius 2 is 1.64 bits per heavy atom. The van der Waals surface area contributed by atoms with Crippen molar-refractivity contribution in [3.05, 3.63) is 64.5 Å². The zero-order valence-corrected chi connectivity index (χ0v) is 25.0. The number of unbranched alkanes of at least 4 members (excludes halogenated alkanes) is 2. The second-order valence-corrected chi connectivity index (χ2v) is 14.1. The van der Waals surface area contributed by atoms with Gasteiger partial charge in [0.2, 0.25) is 10.0 Å². The fourth-order valence-corrected chi connectivity index (χ4v) is 8.90. The fourth-order valence-electron chi connectivity index (χ4n) is 4.98. The predicted octanol–water partition coefficient (Wildman–Crippen LogP) is 7.75. The van der Waals surface area contributed by atoms with Gasteiger partial charge in [0.05, 0.1) is 15.1 Å². The van der Waals surface area contributed by atoms with E-state index in [4.69, 9.17) is 4.98 Å². The van der Waals surface area contributed by atoms with Gasteiger partial charge < -0.3 is 5.32 Å². The molecule has 0 spiro atoms. The number of benzene rings is 2. The van der Waals surface area contributed by atoms with Crippen molar-refractivity contribution in [2.45, 2.75) is 70.1 Å². The molecule has 39 heavy (non-hydrogen) atoms. The summed E-state index contributed by atoms with van der Waals surface area (Å²) in [5.74, 6) is -0.242. The van der Waals surface area contributed by atoms with Gasteiger partial charge in [0.15, 0.2) is 0 Å². The zero-order valence-electron chi connectivity index (χ0n) is 22.5. The largest absolute Gasteiger partial charge is 0.313 e. The molecular formula is C30H35N3O3S3. The second-order valence-electron chi connectivity index (χ2n) is 9.99. The van der Waals surface area contributed by atoms with Crippen LogP contribution in [0, 0.1) is 0 Å². The highest BCUT2D eigenvalue weighted by molar-refractivity contribution is 7.89. The van der Waals surface area contributed by atoms with Crippen LogP contribution in [-0.4, -0.2) is 36.7 Å². The Bertz CT molecular complexity index is 1510. The number of aromatic nitrogens is 1. The van der Waals surface area contributed by atoms with E-state index in [2.05, 4.69) is 25.2 Å². The van der Waals surface area contributed by atoms with Crippen LogP contribution < -0.4 is 5.32 Å². The molecule has 0 unspecified atom stereocenters. The highest BCUT2D eigenvalue weighted by Gasteiger charge is 2.27. The maximum Gasteiger partial charge on any atom is 0.256 e. The molecular weight excluding hydrogens is 547 g/mol. The van der Waals surface area contributed by atoms with Gasteiger partial charge in [-0.1, -0.05) is 38.8 Å². The van der Waals surface area contributed by atoms with Gasteiger partial charge in [0, 0.05) is 29.1 Å². The number of amides is 1. The lowest BCUT2D eigenvalue weighted by Gasteiger charge is -2.22. The molecule has 2 heterocycles. The van der Waals surface area contributed by atoms with Crippen LogP contribution in [0.5, 0.6) is 0 Å². The first-order valence-corrected chi connectivity index (χ1v) is 16.9. The molecule has 1 aliphatic rings. The molecule has 1 aliphatic carbocycles. The van der Waals surface area contributed by atoms with E-state index in [0.29, 0.717) is 18.7 Å². The van der Waals surface area contributed by atoms with Gasteiger partial charge in [-0.2, -0.15) is 4.31 Å². The van der Waals surface area contributed by atoms with E-state index in [0.717, 1.165) is 77.2 Å². The van der Waals surface area contributed by atoms with Crippen LogP contribution in [0.3, 0.4) is 0 Å². The minimum atomic E-state index is -3.61. The van der Waals surface area contributed by atoms with Crippen molar-refractivity contribution in [2.75, 3.05) is 18.4 Å². The van der Waals surface area contributed by atoms with E-state index in [1.807, 2.05) is 18.2 Å². The molecule has 1 N–H and O–H groups in total. The summed E-state index contributed by atoms with van der Waals surface area (Å²) in [6.45, 7) is 5.14. The quantitative estimate of drug-likeness (QED) is 0.196. The van der Waals surface area contributed by atoms with E-state index in [1.165, 1.54) is 10.4 Å². The van der Waals surface area contributed by atoms with E-state index < -0.39 is 10.0 Å². The van der Waals surface area contributed by atoms with Gasteiger partial charge in [-0.15, -0.1) is 22.7 Å². The van der Waals surface area contributed by atoms with Crippen LogP contribution in [0.4, 0.5) is 5.00 Å². The molecule has 0 fully saturated rings. The number of carbonyl (C=O) groups is 1.